The highest BCUT2D eigenvalue weighted by Crippen LogP contribution is 2.49. The second-order valence-corrected chi connectivity index (χ2v) is 13.8. The number of carbonyl (C=O) groups excluding carboxylic acids is 1. The average molecular weight is 642 g/mol. The molecule has 47 heavy (non-hydrogen) atoms. The normalized spacial score (nSPS) is 17.2. The molecule has 0 unspecified atom stereocenters. The molecule has 0 radical (unpaired) electrons. The van der Waals surface area contributed by atoms with Gasteiger partial charge >= 0.3 is 11.8 Å². The summed E-state index contributed by atoms with van der Waals surface area (Å²) in [6.07, 6.45) is 9.49. The summed E-state index contributed by atoms with van der Waals surface area (Å²) in [5.41, 5.74) is 1.70. The molecule has 4 heterocycles. The number of imidazole rings is 1. The van der Waals surface area contributed by atoms with Crippen molar-refractivity contribution in [2.75, 3.05) is 6.54 Å². The van der Waals surface area contributed by atoms with Gasteiger partial charge < -0.3 is 9.64 Å². The number of hydrogen-bond donors (Lipinski definition) is 0. The SMILES string of the molecule is Cc1cc(-n2nc3c(c2-n2ccn(-c4ccc5c(cnn5C)c4F)c2=O)[C@H](C)N(C(=O)OC(C)(C)C)CC32CC=CC2)cc(C)c1F. The molecule has 10 nitrogen and oxygen atoms in total. The van der Waals surface area contributed by atoms with Crippen LogP contribution in [0.5, 0.6) is 0 Å². The Hall–Kier alpha value is -5.00. The predicted molar refractivity (Wildman–Crippen MR) is 174 cm³/mol. The predicted octanol–water partition coefficient (Wildman–Crippen LogP) is 6.50. The Labute approximate surface area is 270 Å². The van der Waals surface area contributed by atoms with Gasteiger partial charge in [0.15, 0.2) is 5.82 Å². The van der Waals surface area contributed by atoms with Crippen molar-refractivity contribution in [1.82, 2.24) is 33.6 Å². The molecule has 244 valence electrons. The molecule has 1 aliphatic carbocycles. The Bertz CT molecular complexity index is 2150. The number of fused-ring (bicyclic) bond motifs is 3. The van der Waals surface area contributed by atoms with Crippen LogP contribution < -0.4 is 5.69 Å². The van der Waals surface area contributed by atoms with Gasteiger partial charge in [0.05, 0.1) is 40.2 Å². The lowest BCUT2D eigenvalue weighted by molar-refractivity contribution is 0.00845. The maximum absolute atomic E-state index is 15.8. The number of nitrogens with zero attached hydrogens (tertiary/aromatic N) is 7. The summed E-state index contributed by atoms with van der Waals surface area (Å²) in [7, 11) is 1.72. The first-order chi connectivity index (χ1) is 22.2. The van der Waals surface area contributed by atoms with Crippen molar-refractivity contribution in [3.63, 3.8) is 0 Å². The summed E-state index contributed by atoms with van der Waals surface area (Å²) in [5.74, 6) is -0.502. The molecule has 5 aromatic rings. The molecule has 0 fully saturated rings. The van der Waals surface area contributed by atoms with E-state index in [0.717, 1.165) is 5.69 Å². The number of allylic oxidation sites excluding steroid dienone is 2. The third-order valence-electron chi connectivity index (χ3n) is 9.34. The molecule has 2 aliphatic rings. The van der Waals surface area contributed by atoms with Gasteiger partial charge in [-0.05, 0) is 89.8 Å². The van der Waals surface area contributed by atoms with Crippen molar-refractivity contribution < 1.29 is 18.3 Å². The topological polar surface area (TPSA) is 92.1 Å². The lowest BCUT2D eigenvalue weighted by Crippen LogP contribution is -2.50. The fourth-order valence-electron chi connectivity index (χ4n) is 7.01. The molecule has 1 spiro atoms. The van der Waals surface area contributed by atoms with E-state index in [4.69, 9.17) is 9.84 Å². The summed E-state index contributed by atoms with van der Waals surface area (Å²) >= 11 is 0. The lowest BCUT2D eigenvalue weighted by Gasteiger charge is -2.43. The molecule has 2 aromatic carbocycles. The van der Waals surface area contributed by atoms with Crippen molar-refractivity contribution in [3.05, 3.63) is 99.5 Å². The van der Waals surface area contributed by atoms with Crippen LogP contribution in [0, 0.1) is 25.5 Å². The number of aromatic nitrogens is 6. The van der Waals surface area contributed by atoms with Gasteiger partial charge in [-0.25, -0.2) is 23.1 Å². The number of amides is 1. The molecule has 0 saturated carbocycles. The number of ether oxygens (including phenoxy) is 1. The van der Waals surface area contributed by atoms with Gasteiger partial charge in [-0.1, -0.05) is 12.2 Å². The Morgan fingerprint density at radius 1 is 1.02 bits per heavy atom. The minimum Gasteiger partial charge on any atom is -0.444 e. The van der Waals surface area contributed by atoms with E-state index in [-0.39, 0.29) is 11.5 Å². The van der Waals surface area contributed by atoms with Gasteiger partial charge in [0.2, 0.25) is 0 Å². The largest absolute Gasteiger partial charge is 0.444 e. The van der Waals surface area contributed by atoms with E-state index in [1.165, 1.54) is 21.5 Å². The second kappa shape index (κ2) is 10.5. The minimum atomic E-state index is -0.720. The number of halogens is 2. The summed E-state index contributed by atoms with van der Waals surface area (Å²) in [4.78, 5) is 29.8. The van der Waals surface area contributed by atoms with Crippen LogP contribution in [-0.2, 0) is 17.2 Å². The quantitative estimate of drug-likeness (QED) is 0.210. The van der Waals surface area contributed by atoms with Crippen molar-refractivity contribution in [1.29, 1.82) is 0 Å². The molecule has 12 heteroatoms. The fourth-order valence-corrected chi connectivity index (χ4v) is 7.01. The zero-order valence-electron chi connectivity index (χ0n) is 27.5. The van der Waals surface area contributed by atoms with Crippen molar-refractivity contribution in [3.8, 4) is 17.2 Å². The lowest BCUT2D eigenvalue weighted by atomic mass is 9.75. The molecule has 1 aliphatic heterocycles. The molecular formula is C35H37F2N7O3. The van der Waals surface area contributed by atoms with Crippen LogP contribution in [-0.4, -0.2) is 51.8 Å². The van der Waals surface area contributed by atoms with E-state index < -0.39 is 34.7 Å². The smallest absolute Gasteiger partial charge is 0.410 e. The summed E-state index contributed by atoms with van der Waals surface area (Å²) in [5, 5.41) is 9.62. The highest BCUT2D eigenvalue weighted by Gasteiger charge is 2.49. The number of aryl methyl sites for hydroxylation is 3. The minimum absolute atomic E-state index is 0.0718. The Balaban J connectivity index is 1.49. The molecule has 0 N–H and O–H groups in total. The molecule has 3 aromatic heterocycles. The van der Waals surface area contributed by atoms with Crippen LogP contribution in [0.1, 0.15) is 69.0 Å². The zero-order valence-corrected chi connectivity index (χ0v) is 27.5. The van der Waals surface area contributed by atoms with Crippen LogP contribution in [0.15, 0.2) is 59.8 Å². The van der Waals surface area contributed by atoms with E-state index in [2.05, 4.69) is 17.3 Å². The van der Waals surface area contributed by atoms with E-state index in [1.807, 2.05) is 27.7 Å². The van der Waals surface area contributed by atoms with Gasteiger partial charge in [0.25, 0.3) is 0 Å². The third kappa shape index (κ3) is 4.72. The maximum Gasteiger partial charge on any atom is 0.410 e. The molecule has 0 bridgehead atoms. The molecule has 7 rings (SSSR count). The Morgan fingerprint density at radius 3 is 2.34 bits per heavy atom. The summed E-state index contributed by atoms with van der Waals surface area (Å²) in [6.45, 7) is 11.1. The second-order valence-electron chi connectivity index (χ2n) is 13.8. The highest BCUT2D eigenvalue weighted by atomic mass is 19.1. The maximum atomic E-state index is 15.8. The molecule has 1 amide bonds. The zero-order chi connectivity index (χ0) is 33.6. The van der Waals surface area contributed by atoms with Crippen molar-refractivity contribution >= 4 is 17.0 Å². The van der Waals surface area contributed by atoms with E-state index in [0.29, 0.717) is 58.5 Å². The Morgan fingerprint density at radius 2 is 1.68 bits per heavy atom. The van der Waals surface area contributed by atoms with Gasteiger partial charge in [-0.3, -0.25) is 13.8 Å². The fraction of sp³-hybridized carbons (Fsp3) is 0.371. The average Bonchev–Trinajstić information content (AvgIpc) is 3.79. The van der Waals surface area contributed by atoms with Crippen molar-refractivity contribution in [2.24, 2.45) is 7.05 Å². The summed E-state index contributed by atoms with van der Waals surface area (Å²) in [6, 6.07) is 6.11. The van der Waals surface area contributed by atoms with Gasteiger partial charge in [-0.15, -0.1) is 0 Å². The van der Waals surface area contributed by atoms with Crippen LogP contribution in [0.25, 0.3) is 28.1 Å². The van der Waals surface area contributed by atoms with E-state index in [1.54, 1.807) is 65.6 Å². The van der Waals surface area contributed by atoms with Gasteiger partial charge in [0.1, 0.15) is 17.2 Å². The summed E-state index contributed by atoms with van der Waals surface area (Å²) < 4.78 is 42.5. The van der Waals surface area contributed by atoms with Gasteiger partial charge in [-0.2, -0.15) is 10.2 Å². The first kappa shape index (κ1) is 30.6. The van der Waals surface area contributed by atoms with Crippen LogP contribution in [0.3, 0.4) is 0 Å². The molecule has 0 saturated heterocycles. The first-order valence-corrected chi connectivity index (χ1v) is 15.7. The molecule has 1 atom stereocenters. The third-order valence-corrected chi connectivity index (χ3v) is 9.34. The number of hydrogen-bond acceptors (Lipinski definition) is 5. The monoisotopic (exact) mass is 641 g/mol. The number of rotatable bonds is 3. The molecular weight excluding hydrogens is 604 g/mol. The Kier molecular flexibility index (Phi) is 6.85. The van der Waals surface area contributed by atoms with Crippen LogP contribution in [0.4, 0.5) is 13.6 Å². The van der Waals surface area contributed by atoms with Gasteiger partial charge in [0, 0.05) is 37.0 Å². The van der Waals surface area contributed by atoms with Crippen molar-refractivity contribution in [2.45, 2.75) is 71.4 Å². The standard InChI is InChI=1S/C35H37F2N7O3/c1-20-16-23(17-21(2)28(20)36)44-31(42-15-14-41(32(42)45)26-11-10-25-24(29(26)37)18-38-40(25)7)27-22(3)43(33(46)47-34(4,5)6)19-35(30(27)39-44)12-8-9-13-35/h8-11,14-18,22H,12-13,19H2,1-7H3/t22-/m0/s1. The van der Waals surface area contributed by atoms with E-state index >= 15 is 4.39 Å². The highest BCUT2D eigenvalue weighted by molar-refractivity contribution is 5.81. The number of benzene rings is 2. The van der Waals surface area contributed by atoms with E-state index in [9.17, 15) is 14.0 Å². The number of carbonyl (C=O) groups is 1. The van der Waals surface area contributed by atoms with Crippen LogP contribution >= 0.6 is 0 Å². The first-order valence-electron chi connectivity index (χ1n) is 15.7. The van der Waals surface area contributed by atoms with Crippen LogP contribution in [0.2, 0.25) is 0 Å².